The summed E-state index contributed by atoms with van der Waals surface area (Å²) in [4.78, 5) is 87.8. The van der Waals surface area contributed by atoms with Crippen LogP contribution in [-0.4, -0.2) is 158 Å². The van der Waals surface area contributed by atoms with E-state index in [1.54, 1.807) is 0 Å². The highest BCUT2D eigenvalue weighted by Gasteiger charge is 2.22. The second kappa shape index (κ2) is 63.4. The van der Waals surface area contributed by atoms with Crippen molar-refractivity contribution >= 4 is 41.5 Å². The van der Waals surface area contributed by atoms with Crippen LogP contribution in [0.25, 0.3) is 0 Å². The Morgan fingerprint density at radius 2 is 0.690 bits per heavy atom. The number of carboxylic acids is 3. The van der Waals surface area contributed by atoms with Crippen LogP contribution in [0.3, 0.4) is 0 Å². The van der Waals surface area contributed by atoms with Gasteiger partial charge in [-0.05, 0) is 62.2 Å². The van der Waals surface area contributed by atoms with Gasteiger partial charge in [-0.1, -0.05) is 204 Å². The number of nitrogens with zero attached hydrogens (tertiary/aromatic N) is 2. The first-order valence-corrected chi connectivity index (χ1v) is 33.6. The van der Waals surface area contributed by atoms with Gasteiger partial charge in [0.25, 0.3) is 0 Å². The fourth-order valence-electron chi connectivity index (χ4n) is 9.52. The molecule has 1 atom stereocenters. The molecule has 0 aliphatic carbocycles. The molecule has 0 fully saturated rings. The number of carbonyl (C=O) groups is 7. The maximum absolute atomic E-state index is 13.3. The lowest BCUT2D eigenvalue weighted by atomic mass is 10.1. The Bertz CT molecular complexity index is 2040. The van der Waals surface area contributed by atoms with E-state index in [2.05, 4.69) is 82.5 Å². The molecule has 0 spiro atoms. The highest BCUT2D eigenvalue weighted by atomic mass is 16.5. The van der Waals surface area contributed by atoms with Crippen molar-refractivity contribution in [2.45, 2.75) is 264 Å². The molecule has 0 rings (SSSR count). The Labute approximate surface area is 525 Å². The number of rotatable bonds is 60. The van der Waals surface area contributed by atoms with Crippen molar-refractivity contribution in [2.24, 2.45) is 0 Å². The molecule has 0 aromatic rings. The number of unbranched alkanes of at least 4 members (excludes halogenated alkanes) is 32. The molecule has 0 aliphatic rings. The van der Waals surface area contributed by atoms with Gasteiger partial charge < -0.3 is 46.1 Å². The van der Waals surface area contributed by atoms with Gasteiger partial charge in [0.1, 0.15) is 6.04 Å². The van der Waals surface area contributed by atoms with Crippen LogP contribution >= 0.6 is 0 Å². The topological polar surface area (TPSA) is 253 Å². The predicted molar refractivity (Wildman–Crippen MR) is 346 cm³/mol. The predicted octanol–water partition coefficient (Wildman–Crippen LogP) is 10.6. The number of nitrogens with one attached hydrogen (secondary N) is 4. The number of ether oxygens (including phenoxy) is 2. The molecule has 0 radical (unpaired) electrons. The molecule has 7 N–H and O–H groups in total. The van der Waals surface area contributed by atoms with Gasteiger partial charge in [0.05, 0.1) is 52.6 Å². The molecule has 18 heteroatoms. The third-order valence-electron chi connectivity index (χ3n) is 14.5. The van der Waals surface area contributed by atoms with Gasteiger partial charge in [0.2, 0.25) is 23.6 Å². The van der Waals surface area contributed by atoms with E-state index < -0.39 is 55.4 Å². The first-order valence-electron chi connectivity index (χ1n) is 33.6. The van der Waals surface area contributed by atoms with Gasteiger partial charge in [0.15, 0.2) is 0 Å². The Hall–Kier alpha value is -5.63. The second-order valence-electron chi connectivity index (χ2n) is 22.7. The highest BCUT2D eigenvalue weighted by Crippen LogP contribution is 2.14. The van der Waals surface area contributed by atoms with E-state index in [1.165, 1.54) is 120 Å². The lowest BCUT2D eigenvalue weighted by Crippen LogP contribution is -2.53. The summed E-state index contributed by atoms with van der Waals surface area (Å²) in [7, 11) is 0. The molecule has 4 amide bonds. The minimum absolute atomic E-state index is 0.0457. The van der Waals surface area contributed by atoms with E-state index in [4.69, 9.17) is 19.7 Å². The number of aliphatic carboxylic acids is 3. The van der Waals surface area contributed by atoms with Crippen molar-refractivity contribution in [1.82, 2.24) is 31.1 Å². The minimum Gasteiger partial charge on any atom is -0.480 e. The van der Waals surface area contributed by atoms with Crippen LogP contribution in [0.15, 0.2) is 0 Å². The summed E-state index contributed by atoms with van der Waals surface area (Å²) in [6.07, 6.45) is 42.1. The van der Waals surface area contributed by atoms with Crippen LogP contribution in [0.5, 0.6) is 0 Å². The van der Waals surface area contributed by atoms with Crippen LogP contribution in [0.4, 0.5) is 0 Å². The molecule has 0 saturated carbocycles. The largest absolute Gasteiger partial charge is 0.480 e. The zero-order valence-corrected chi connectivity index (χ0v) is 54.1. The van der Waals surface area contributed by atoms with Crippen molar-refractivity contribution in [3.63, 3.8) is 0 Å². The lowest BCUT2D eigenvalue weighted by Gasteiger charge is -2.24. The van der Waals surface area contributed by atoms with Crippen molar-refractivity contribution < 1.29 is 58.4 Å². The van der Waals surface area contributed by atoms with Gasteiger partial charge in [-0.3, -0.25) is 43.4 Å². The van der Waals surface area contributed by atoms with Crippen LogP contribution < -0.4 is 21.3 Å². The zero-order valence-electron chi connectivity index (χ0n) is 54.1. The van der Waals surface area contributed by atoms with Crippen molar-refractivity contribution in [1.29, 1.82) is 0 Å². The van der Waals surface area contributed by atoms with E-state index in [0.29, 0.717) is 12.8 Å². The maximum atomic E-state index is 13.3. The number of amides is 4. The monoisotopic (exact) mass is 1220 g/mol. The second-order valence-corrected chi connectivity index (χ2v) is 22.7. The molecule has 18 nitrogen and oxygen atoms in total. The number of carbonyl (C=O) groups excluding carboxylic acids is 4. The van der Waals surface area contributed by atoms with E-state index in [1.807, 2.05) is 0 Å². The molecule has 0 unspecified atom stereocenters. The summed E-state index contributed by atoms with van der Waals surface area (Å²) >= 11 is 0. The summed E-state index contributed by atoms with van der Waals surface area (Å²) in [5, 5.41) is 38.5. The Morgan fingerprint density at radius 1 is 0.368 bits per heavy atom. The minimum atomic E-state index is -1.24. The highest BCUT2D eigenvalue weighted by molar-refractivity contribution is 5.88. The fraction of sp³-hybridized carbons (Fsp3) is 0.783. The average Bonchev–Trinajstić information content (AvgIpc) is 3.61. The molecule has 0 saturated heterocycles. The van der Waals surface area contributed by atoms with E-state index >= 15 is 0 Å². The average molecular weight is 1220 g/mol. The maximum Gasteiger partial charge on any atom is 0.317 e. The van der Waals surface area contributed by atoms with Crippen molar-refractivity contribution in [3.8, 4) is 47.4 Å². The standard InChI is InChI=1S/C69H116N6O12/c1-3-5-7-9-11-13-15-17-19-21-23-25-27-29-31-33-35-37-39-41-43-45-47-63(76)72-57-62(73-64(77)48-46-44-42-40-38-36-34-32-30-28-26-24-22-20-18-16-14-12-10-8-6-4-2)69(85)71-50-54-87-56-55-86-53-49-70-65(78)58-74(59-66(79)80)51-52-75(60-67(81)82)61-68(83)84/h62H,3-24,33-61H2,1-2H3,(H,70,78)(H,71,85)(H,72,76)(H,73,77)(H,79,80)(H,81,82)(H,83,84)/t62-/m0/s1. The summed E-state index contributed by atoms with van der Waals surface area (Å²) in [6, 6.07) is -0.969. The Balaban J connectivity index is 4.72. The van der Waals surface area contributed by atoms with Crippen LogP contribution in [-0.2, 0) is 43.0 Å². The molecule has 0 bridgehead atoms. The quantitative estimate of drug-likeness (QED) is 0.0221. The first kappa shape index (κ1) is 81.4. The molecule has 0 aromatic carbocycles. The summed E-state index contributed by atoms with van der Waals surface area (Å²) in [5.74, 6) is 19.7. The van der Waals surface area contributed by atoms with Crippen LogP contribution in [0, 0.1) is 47.4 Å². The molecular formula is C69H116N6O12. The fourth-order valence-corrected chi connectivity index (χ4v) is 9.52. The number of hydrogen-bond donors (Lipinski definition) is 7. The van der Waals surface area contributed by atoms with Gasteiger partial charge in [-0.25, -0.2) is 0 Å². The SMILES string of the molecule is CCCCCCCCCCCCC#CC#CCCCCCCCCC(=O)NC[C@H](NC(=O)CCCCCCCCC#CC#CCCCCCCCCCCCC)C(=O)NCCOCCOCCNC(=O)CN(CCN(CC(=O)O)CC(=O)O)CC(=O)O. The lowest BCUT2D eigenvalue weighted by molar-refractivity contribution is -0.143. The van der Waals surface area contributed by atoms with Crippen molar-refractivity contribution in [3.05, 3.63) is 0 Å². The Kier molecular flexibility index (Phi) is 59.3. The summed E-state index contributed by atoms with van der Waals surface area (Å²) < 4.78 is 11.1. The van der Waals surface area contributed by atoms with E-state index in [9.17, 15) is 38.7 Å². The molecule has 494 valence electrons. The normalized spacial score (nSPS) is 11.0. The first-order chi connectivity index (χ1) is 42.4. The van der Waals surface area contributed by atoms with E-state index in [-0.39, 0.29) is 83.9 Å². The molecule has 87 heavy (non-hydrogen) atoms. The van der Waals surface area contributed by atoms with Gasteiger partial charge in [-0.15, -0.1) is 0 Å². The Morgan fingerprint density at radius 3 is 1.06 bits per heavy atom. The zero-order chi connectivity index (χ0) is 63.7. The summed E-state index contributed by atoms with van der Waals surface area (Å²) in [5.41, 5.74) is 0. The van der Waals surface area contributed by atoms with Crippen LogP contribution in [0.2, 0.25) is 0 Å². The molecule has 0 aromatic heterocycles. The van der Waals surface area contributed by atoms with Gasteiger partial charge in [0, 0.05) is 71.2 Å². The molecule has 0 aliphatic heterocycles. The third-order valence-corrected chi connectivity index (χ3v) is 14.5. The van der Waals surface area contributed by atoms with Gasteiger partial charge in [-0.2, -0.15) is 0 Å². The third kappa shape index (κ3) is 61.8. The number of hydrogen-bond acceptors (Lipinski definition) is 11. The van der Waals surface area contributed by atoms with Gasteiger partial charge >= 0.3 is 17.9 Å². The van der Waals surface area contributed by atoms with Crippen molar-refractivity contribution in [2.75, 3.05) is 85.3 Å². The smallest absolute Gasteiger partial charge is 0.317 e. The van der Waals surface area contributed by atoms with Crippen LogP contribution in [0.1, 0.15) is 258 Å². The number of carboxylic acid groups (broad SMARTS) is 3. The van der Waals surface area contributed by atoms with E-state index in [0.717, 1.165) is 114 Å². The molecule has 0 heterocycles. The molecular weight excluding hydrogens is 1100 g/mol. The summed E-state index contributed by atoms with van der Waals surface area (Å²) in [6.45, 7) is 3.30.